The van der Waals surface area contributed by atoms with Gasteiger partial charge in [0.2, 0.25) is 12.7 Å². The molecule has 0 bridgehead atoms. The van der Waals surface area contributed by atoms with E-state index in [0.29, 0.717) is 24.1 Å². The van der Waals surface area contributed by atoms with E-state index in [2.05, 4.69) is 25.8 Å². The molecule has 2 N–H and O–H groups in total. The number of aryl methyl sites for hydroxylation is 2. The van der Waals surface area contributed by atoms with Crippen molar-refractivity contribution in [2.75, 3.05) is 17.4 Å². The molecule has 0 saturated carbocycles. The molecule has 8 nitrogen and oxygen atoms in total. The second kappa shape index (κ2) is 6.31. The third kappa shape index (κ3) is 3.47. The van der Waals surface area contributed by atoms with Crippen LogP contribution in [0.5, 0.6) is 11.5 Å². The number of hydrogen-bond donors (Lipinski definition) is 2. The van der Waals surface area contributed by atoms with Crippen LogP contribution in [-0.2, 0) is 6.54 Å². The molecule has 0 aliphatic carbocycles. The van der Waals surface area contributed by atoms with Crippen molar-refractivity contribution in [1.82, 2.24) is 15.1 Å². The van der Waals surface area contributed by atoms with Crippen molar-refractivity contribution in [2.24, 2.45) is 0 Å². The minimum atomic E-state index is 0.268. The van der Waals surface area contributed by atoms with Crippen LogP contribution in [0.4, 0.5) is 17.6 Å². The fourth-order valence-electron chi connectivity index (χ4n) is 2.50. The van der Waals surface area contributed by atoms with Gasteiger partial charge in [-0.3, -0.25) is 0 Å². The lowest BCUT2D eigenvalue weighted by Crippen LogP contribution is -2.06. The molecule has 0 fully saturated rings. The van der Waals surface area contributed by atoms with Crippen molar-refractivity contribution in [3.63, 3.8) is 0 Å². The van der Waals surface area contributed by atoms with Gasteiger partial charge in [-0.2, -0.15) is 4.98 Å². The summed E-state index contributed by atoms with van der Waals surface area (Å²) >= 11 is 0. The molecule has 8 heteroatoms. The van der Waals surface area contributed by atoms with E-state index < -0.39 is 0 Å². The van der Waals surface area contributed by atoms with Gasteiger partial charge in [-0.1, -0.05) is 11.2 Å². The lowest BCUT2D eigenvalue weighted by Gasteiger charge is -2.09. The number of anilines is 3. The summed E-state index contributed by atoms with van der Waals surface area (Å²) < 4.78 is 15.8. The lowest BCUT2D eigenvalue weighted by atomic mass is 10.2. The summed E-state index contributed by atoms with van der Waals surface area (Å²) in [5.74, 6) is 4.04. The van der Waals surface area contributed by atoms with E-state index in [-0.39, 0.29) is 6.79 Å². The molecule has 1 aliphatic heterocycles. The van der Waals surface area contributed by atoms with Gasteiger partial charge in [-0.25, -0.2) is 4.98 Å². The van der Waals surface area contributed by atoms with E-state index in [0.717, 1.165) is 28.5 Å². The van der Waals surface area contributed by atoms with Gasteiger partial charge in [0.25, 0.3) is 0 Å². The van der Waals surface area contributed by atoms with E-state index in [1.807, 2.05) is 38.1 Å². The number of rotatable bonds is 5. The summed E-state index contributed by atoms with van der Waals surface area (Å²) in [5, 5.41) is 10.2. The van der Waals surface area contributed by atoms with E-state index in [4.69, 9.17) is 14.0 Å². The first kappa shape index (κ1) is 15.3. The highest BCUT2D eigenvalue weighted by molar-refractivity contribution is 5.53. The fraction of sp³-hybridized carbons (Fsp3) is 0.235. The number of nitrogens with one attached hydrogen (secondary N) is 2. The molecule has 1 aliphatic rings. The smallest absolute Gasteiger partial charge is 0.231 e. The number of fused-ring (bicyclic) bond motifs is 1. The van der Waals surface area contributed by atoms with Crippen LogP contribution >= 0.6 is 0 Å². The van der Waals surface area contributed by atoms with Crippen molar-refractivity contribution in [3.05, 3.63) is 47.3 Å². The van der Waals surface area contributed by atoms with E-state index in [1.165, 1.54) is 0 Å². The van der Waals surface area contributed by atoms with Gasteiger partial charge in [0, 0.05) is 24.4 Å². The van der Waals surface area contributed by atoms with Crippen molar-refractivity contribution in [1.29, 1.82) is 0 Å². The van der Waals surface area contributed by atoms with Gasteiger partial charge in [-0.15, -0.1) is 0 Å². The number of aromatic nitrogens is 3. The number of hydrogen-bond acceptors (Lipinski definition) is 8. The maximum atomic E-state index is 5.39. The first-order valence-corrected chi connectivity index (χ1v) is 7.84. The van der Waals surface area contributed by atoms with Crippen LogP contribution in [0.15, 0.2) is 34.9 Å². The molecular formula is C17H17N5O3. The molecule has 1 aromatic carbocycles. The molecule has 0 spiro atoms. The average Bonchev–Trinajstić information content (AvgIpc) is 3.20. The summed E-state index contributed by atoms with van der Waals surface area (Å²) in [4.78, 5) is 8.86. The quantitative estimate of drug-likeness (QED) is 0.732. The standard InChI is InChI=1S/C17H17N5O3/c1-10-5-15(20-16-6-11(2)25-22-16)21-17(19-10)18-8-12-3-4-13-14(7-12)24-9-23-13/h3-7H,8-9H2,1-2H3,(H2,18,19,20,21,22). The zero-order valence-electron chi connectivity index (χ0n) is 13.9. The molecule has 4 rings (SSSR count). The zero-order valence-corrected chi connectivity index (χ0v) is 13.9. The van der Waals surface area contributed by atoms with E-state index in [9.17, 15) is 0 Å². The molecule has 25 heavy (non-hydrogen) atoms. The maximum absolute atomic E-state index is 5.39. The molecule has 2 aromatic heterocycles. The topological polar surface area (TPSA) is 94.3 Å². The van der Waals surface area contributed by atoms with Crippen LogP contribution in [0.3, 0.4) is 0 Å². The second-order valence-corrected chi connectivity index (χ2v) is 5.71. The highest BCUT2D eigenvalue weighted by Gasteiger charge is 2.13. The Morgan fingerprint density at radius 2 is 1.88 bits per heavy atom. The van der Waals surface area contributed by atoms with Crippen molar-refractivity contribution < 1.29 is 14.0 Å². The molecule has 0 radical (unpaired) electrons. The van der Waals surface area contributed by atoms with Gasteiger partial charge in [0.05, 0.1) is 0 Å². The molecule has 0 amide bonds. The van der Waals surface area contributed by atoms with Crippen molar-refractivity contribution in [3.8, 4) is 11.5 Å². The Labute approximate surface area is 144 Å². The first-order valence-electron chi connectivity index (χ1n) is 7.84. The summed E-state index contributed by atoms with van der Waals surface area (Å²) in [6, 6.07) is 9.47. The largest absolute Gasteiger partial charge is 0.454 e. The SMILES string of the molecule is Cc1cc(Nc2cc(C)on2)nc(NCc2ccc3c(c2)OCO3)n1. The third-order valence-corrected chi connectivity index (χ3v) is 3.63. The van der Waals surface area contributed by atoms with Gasteiger partial charge >= 0.3 is 0 Å². The van der Waals surface area contributed by atoms with Crippen LogP contribution in [0.2, 0.25) is 0 Å². The van der Waals surface area contributed by atoms with Crippen LogP contribution in [0, 0.1) is 13.8 Å². The normalized spacial score (nSPS) is 12.2. The predicted molar refractivity (Wildman–Crippen MR) is 91.2 cm³/mol. The summed E-state index contributed by atoms with van der Waals surface area (Å²) in [7, 11) is 0. The Bertz CT molecular complexity index is 909. The molecule has 128 valence electrons. The maximum Gasteiger partial charge on any atom is 0.231 e. The average molecular weight is 339 g/mol. The summed E-state index contributed by atoms with van der Waals surface area (Å²) in [6.45, 7) is 4.58. The molecule has 0 unspecified atom stereocenters. The highest BCUT2D eigenvalue weighted by atomic mass is 16.7. The number of ether oxygens (including phenoxy) is 2. The molecule has 0 saturated heterocycles. The summed E-state index contributed by atoms with van der Waals surface area (Å²) in [6.07, 6.45) is 0. The van der Waals surface area contributed by atoms with Gasteiger partial charge in [0.1, 0.15) is 11.6 Å². The minimum absolute atomic E-state index is 0.268. The van der Waals surface area contributed by atoms with Crippen LogP contribution in [0.1, 0.15) is 17.0 Å². The summed E-state index contributed by atoms with van der Waals surface area (Å²) in [5.41, 5.74) is 1.89. The zero-order chi connectivity index (χ0) is 17.2. The number of benzene rings is 1. The molecular weight excluding hydrogens is 322 g/mol. The van der Waals surface area contributed by atoms with Crippen molar-refractivity contribution in [2.45, 2.75) is 20.4 Å². The van der Waals surface area contributed by atoms with Gasteiger partial charge < -0.3 is 24.6 Å². The van der Waals surface area contributed by atoms with Gasteiger partial charge in [0.15, 0.2) is 17.3 Å². The fourth-order valence-corrected chi connectivity index (χ4v) is 2.50. The van der Waals surface area contributed by atoms with Crippen LogP contribution in [0.25, 0.3) is 0 Å². The number of nitrogens with zero attached hydrogens (tertiary/aromatic N) is 3. The van der Waals surface area contributed by atoms with Crippen LogP contribution in [-0.4, -0.2) is 21.9 Å². The monoisotopic (exact) mass is 339 g/mol. The van der Waals surface area contributed by atoms with Crippen LogP contribution < -0.4 is 20.1 Å². The Hall–Kier alpha value is -3.29. The lowest BCUT2D eigenvalue weighted by molar-refractivity contribution is 0.174. The molecule has 0 atom stereocenters. The van der Waals surface area contributed by atoms with E-state index in [1.54, 1.807) is 6.07 Å². The second-order valence-electron chi connectivity index (χ2n) is 5.71. The highest BCUT2D eigenvalue weighted by Crippen LogP contribution is 2.32. The van der Waals surface area contributed by atoms with Gasteiger partial charge in [-0.05, 0) is 31.5 Å². The Morgan fingerprint density at radius 3 is 2.72 bits per heavy atom. The minimum Gasteiger partial charge on any atom is -0.454 e. The van der Waals surface area contributed by atoms with Crippen molar-refractivity contribution >= 4 is 17.6 Å². The first-order chi connectivity index (χ1) is 12.2. The molecule has 3 aromatic rings. The Kier molecular flexibility index (Phi) is 3.85. The molecule has 3 heterocycles. The Morgan fingerprint density at radius 1 is 1.00 bits per heavy atom. The predicted octanol–water partition coefficient (Wildman–Crippen LogP) is 3.17. The third-order valence-electron chi connectivity index (χ3n) is 3.63. The van der Waals surface area contributed by atoms with E-state index >= 15 is 0 Å². The Balaban J connectivity index is 1.46.